The third kappa shape index (κ3) is 2.61. The summed E-state index contributed by atoms with van der Waals surface area (Å²) in [6.07, 6.45) is 5.07. The Morgan fingerprint density at radius 1 is 1.10 bits per heavy atom. The van der Waals surface area contributed by atoms with E-state index in [1.807, 2.05) is 30.3 Å². The molecule has 0 aliphatic rings. The average Bonchev–Trinajstić information content (AvgIpc) is 2.53. The molecule has 0 saturated heterocycles. The lowest BCUT2D eigenvalue weighted by molar-refractivity contribution is 0.0946. The van der Waals surface area contributed by atoms with Crippen LogP contribution in [-0.2, 0) is 6.54 Å². The van der Waals surface area contributed by atoms with E-state index in [0.717, 1.165) is 10.9 Å². The maximum atomic E-state index is 12.0. The van der Waals surface area contributed by atoms with Crippen LogP contribution < -0.4 is 5.32 Å². The van der Waals surface area contributed by atoms with Crippen molar-refractivity contribution in [2.24, 2.45) is 0 Å². The first-order valence-electron chi connectivity index (χ1n) is 6.22. The number of fused-ring (bicyclic) bond motifs is 1. The number of nitrogens with zero attached hydrogens (tertiary/aromatic N) is 3. The van der Waals surface area contributed by atoms with Gasteiger partial charge in [0.1, 0.15) is 5.69 Å². The summed E-state index contributed by atoms with van der Waals surface area (Å²) in [5, 5.41) is 3.72. The lowest BCUT2D eigenvalue weighted by Gasteiger charge is -2.05. The topological polar surface area (TPSA) is 67.8 Å². The molecule has 0 bridgehead atoms. The van der Waals surface area contributed by atoms with Gasteiger partial charge in [0.05, 0.1) is 0 Å². The van der Waals surface area contributed by atoms with Crippen LogP contribution in [0.2, 0.25) is 0 Å². The van der Waals surface area contributed by atoms with Gasteiger partial charge in [0, 0.05) is 30.5 Å². The monoisotopic (exact) mass is 264 g/mol. The molecular weight excluding hydrogens is 252 g/mol. The smallest absolute Gasteiger partial charge is 0.270 e. The predicted octanol–water partition coefficient (Wildman–Crippen LogP) is 1.95. The minimum atomic E-state index is -0.221. The van der Waals surface area contributed by atoms with Crippen molar-refractivity contribution in [3.8, 4) is 0 Å². The Kier molecular flexibility index (Phi) is 3.33. The number of rotatable bonds is 3. The summed E-state index contributed by atoms with van der Waals surface area (Å²) in [4.78, 5) is 24.4. The molecule has 3 aromatic rings. The molecule has 1 amide bonds. The molecule has 98 valence electrons. The molecule has 0 aromatic carbocycles. The fourth-order valence-electron chi connectivity index (χ4n) is 1.86. The van der Waals surface area contributed by atoms with Crippen molar-refractivity contribution in [1.82, 2.24) is 20.3 Å². The summed E-state index contributed by atoms with van der Waals surface area (Å²) < 4.78 is 0. The Labute approximate surface area is 115 Å². The van der Waals surface area contributed by atoms with Crippen LogP contribution in [-0.4, -0.2) is 20.9 Å². The second kappa shape index (κ2) is 5.44. The average molecular weight is 264 g/mol. The minimum absolute atomic E-state index is 0.221. The molecule has 3 heterocycles. The summed E-state index contributed by atoms with van der Waals surface area (Å²) in [6.45, 7) is 0.425. The van der Waals surface area contributed by atoms with Crippen LogP contribution in [0.1, 0.15) is 16.1 Å². The Bertz CT molecular complexity index is 743. The summed E-state index contributed by atoms with van der Waals surface area (Å²) in [7, 11) is 0. The van der Waals surface area contributed by atoms with E-state index in [4.69, 9.17) is 0 Å². The first-order chi connectivity index (χ1) is 9.83. The molecule has 0 atom stereocenters. The third-order valence-electron chi connectivity index (χ3n) is 2.87. The first-order valence-corrected chi connectivity index (χ1v) is 6.22. The Hall–Kier alpha value is -2.82. The Morgan fingerprint density at radius 3 is 2.85 bits per heavy atom. The quantitative estimate of drug-likeness (QED) is 0.785. The summed E-state index contributed by atoms with van der Waals surface area (Å²) in [5.74, 6) is -0.221. The molecule has 0 spiro atoms. The van der Waals surface area contributed by atoms with Gasteiger partial charge in [-0.05, 0) is 35.9 Å². The summed E-state index contributed by atoms with van der Waals surface area (Å²) in [5.41, 5.74) is 1.88. The van der Waals surface area contributed by atoms with Crippen LogP contribution in [0.4, 0.5) is 0 Å². The second-order valence-electron chi connectivity index (χ2n) is 4.29. The lowest BCUT2D eigenvalue weighted by Crippen LogP contribution is -2.23. The largest absolute Gasteiger partial charge is 0.347 e. The third-order valence-corrected chi connectivity index (χ3v) is 2.87. The number of carbonyl (C=O) groups excluding carboxylic acids is 1. The lowest BCUT2D eigenvalue weighted by atomic mass is 10.2. The maximum absolute atomic E-state index is 12.0. The van der Waals surface area contributed by atoms with Crippen LogP contribution in [0.15, 0.2) is 55.0 Å². The van der Waals surface area contributed by atoms with Crippen LogP contribution in [0.3, 0.4) is 0 Å². The highest BCUT2D eigenvalue weighted by Crippen LogP contribution is 2.09. The van der Waals surface area contributed by atoms with E-state index >= 15 is 0 Å². The van der Waals surface area contributed by atoms with E-state index in [9.17, 15) is 4.79 Å². The van der Waals surface area contributed by atoms with Crippen molar-refractivity contribution >= 4 is 16.9 Å². The molecule has 3 rings (SSSR count). The van der Waals surface area contributed by atoms with E-state index in [0.29, 0.717) is 17.9 Å². The highest BCUT2D eigenvalue weighted by atomic mass is 16.1. The van der Waals surface area contributed by atoms with Gasteiger partial charge >= 0.3 is 0 Å². The van der Waals surface area contributed by atoms with Crippen molar-refractivity contribution in [3.05, 3.63) is 66.2 Å². The molecule has 3 aromatic heterocycles. The zero-order valence-corrected chi connectivity index (χ0v) is 10.7. The van der Waals surface area contributed by atoms with E-state index in [-0.39, 0.29) is 5.91 Å². The number of hydrogen-bond donors (Lipinski definition) is 1. The standard InChI is InChI=1S/C15H12N4O/c20-15(18-10-11-3-1-7-16-9-11)13-6-5-12-4-2-8-17-14(12)19-13/h1-9H,10H2,(H,18,20). The van der Waals surface area contributed by atoms with Crippen molar-refractivity contribution in [1.29, 1.82) is 0 Å². The second-order valence-corrected chi connectivity index (χ2v) is 4.29. The molecule has 5 nitrogen and oxygen atoms in total. The molecule has 0 unspecified atom stereocenters. The van der Waals surface area contributed by atoms with E-state index < -0.39 is 0 Å². The van der Waals surface area contributed by atoms with Gasteiger partial charge in [-0.2, -0.15) is 0 Å². The number of hydrogen-bond acceptors (Lipinski definition) is 4. The number of pyridine rings is 3. The van der Waals surface area contributed by atoms with Gasteiger partial charge in [-0.1, -0.05) is 6.07 Å². The molecule has 0 aliphatic carbocycles. The van der Waals surface area contributed by atoms with Gasteiger partial charge in [-0.15, -0.1) is 0 Å². The van der Waals surface area contributed by atoms with Crippen LogP contribution in [0.25, 0.3) is 11.0 Å². The molecule has 0 saturated carbocycles. The summed E-state index contributed by atoms with van der Waals surface area (Å²) in [6, 6.07) is 11.0. The van der Waals surface area contributed by atoms with Crippen LogP contribution in [0, 0.1) is 0 Å². The van der Waals surface area contributed by atoms with Crippen LogP contribution >= 0.6 is 0 Å². The molecular formula is C15H12N4O. The molecule has 20 heavy (non-hydrogen) atoms. The summed E-state index contributed by atoms with van der Waals surface area (Å²) >= 11 is 0. The molecule has 0 fully saturated rings. The van der Waals surface area contributed by atoms with Crippen LogP contribution in [0.5, 0.6) is 0 Å². The van der Waals surface area contributed by atoms with E-state index in [1.54, 1.807) is 24.7 Å². The van der Waals surface area contributed by atoms with Crippen molar-refractivity contribution in [2.45, 2.75) is 6.54 Å². The predicted molar refractivity (Wildman–Crippen MR) is 74.9 cm³/mol. The van der Waals surface area contributed by atoms with Gasteiger partial charge < -0.3 is 5.32 Å². The SMILES string of the molecule is O=C(NCc1cccnc1)c1ccc2cccnc2n1. The van der Waals surface area contributed by atoms with E-state index in [2.05, 4.69) is 20.3 Å². The number of carbonyl (C=O) groups is 1. The molecule has 1 N–H and O–H groups in total. The fraction of sp³-hybridized carbons (Fsp3) is 0.0667. The Balaban J connectivity index is 1.75. The first kappa shape index (κ1) is 12.2. The number of aromatic nitrogens is 3. The molecule has 0 radical (unpaired) electrons. The van der Waals surface area contributed by atoms with Crippen molar-refractivity contribution in [3.63, 3.8) is 0 Å². The highest BCUT2D eigenvalue weighted by molar-refractivity contribution is 5.94. The van der Waals surface area contributed by atoms with E-state index in [1.165, 1.54) is 0 Å². The van der Waals surface area contributed by atoms with Gasteiger partial charge in [0.15, 0.2) is 5.65 Å². The zero-order valence-electron chi connectivity index (χ0n) is 10.7. The van der Waals surface area contributed by atoms with Gasteiger partial charge in [0.2, 0.25) is 0 Å². The van der Waals surface area contributed by atoms with Gasteiger partial charge in [-0.25, -0.2) is 9.97 Å². The van der Waals surface area contributed by atoms with Crippen molar-refractivity contribution < 1.29 is 4.79 Å². The number of nitrogens with one attached hydrogen (secondary N) is 1. The Morgan fingerprint density at radius 2 is 2.00 bits per heavy atom. The molecule has 0 aliphatic heterocycles. The highest BCUT2D eigenvalue weighted by Gasteiger charge is 2.08. The fourth-order valence-corrected chi connectivity index (χ4v) is 1.86. The zero-order chi connectivity index (χ0) is 13.8. The number of amides is 1. The molecule has 5 heteroatoms. The normalized spacial score (nSPS) is 10.4. The minimum Gasteiger partial charge on any atom is -0.347 e. The van der Waals surface area contributed by atoms with Gasteiger partial charge in [0.25, 0.3) is 5.91 Å². The maximum Gasteiger partial charge on any atom is 0.270 e. The van der Waals surface area contributed by atoms with Crippen molar-refractivity contribution in [2.75, 3.05) is 0 Å². The van der Waals surface area contributed by atoms with Gasteiger partial charge in [-0.3, -0.25) is 9.78 Å².